The summed E-state index contributed by atoms with van der Waals surface area (Å²) in [6, 6.07) is 3.63. The number of hydrogen-bond donors (Lipinski definition) is 1. The molecule has 0 bridgehead atoms. The molecule has 0 spiro atoms. The van der Waals surface area contributed by atoms with Gasteiger partial charge in [-0.3, -0.25) is 0 Å². The van der Waals surface area contributed by atoms with Crippen LogP contribution in [0, 0.1) is 13.8 Å². The van der Waals surface area contributed by atoms with E-state index in [1.54, 1.807) is 11.9 Å². The van der Waals surface area contributed by atoms with Crippen molar-refractivity contribution in [1.82, 2.24) is 9.27 Å². The lowest BCUT2D eigenvalue weighted by molar-refractivity contribution is 0.221. The Morgan fingerprint density at radius 1 is 1.47 bits per heavy atom. The summed E-state index contributed by atoms with van der Waals surface area (Å²) in [6.07, 6.45) is 0. The molecule has 2 aromatic rings. The number of aryl methyl sites for hydroxylation is 2. The lowest BCUT2D eigenvalue weighted by Crippen LogP contribution is -2.30. The number of anilines is 1. The van der Waals surface area contributed by atoms with Gasteiger partial charge >= 0.3 is 6.03 Å². The maximum absolute atomic E-state index is 12.1. The molecular weight excluding hydrogens is 302 g/mol. The highest BCUT2D eigenvalue weighted by Crippen LogP contribution is 2.25. The van der Waals surface area contributed by atoms with E-state index >= 15 is 0 Å². The van der Waals surface area contributed by atoms with Gasteiger partial charge in [0.05, 0.1) is 22.3 Å². The Labute approximate surface area is 125 Å². The molecule has 0 aliphatic carbocycles. The van der Waals surface area contributed by atoms with Crippen LogP contribution in [0.5, 0.6) is 0 Å². The Balaban J connectivity index is 2.00. The predicted molar refractivity (Wildman–Crippen MR) is 81.4 cm³/mol. The number of thiophene rings is 1. The second-order valence-corrected chi connectivity index (χ2v) is 6.97. The molecule has 7 heteroatoms. The number of carbonyl (C=O) groups is 1. The summed E-state index contributed by atoms with van der Waals surface area (Å²) >= 11 is 8.75. The van der Waals surface area contributed by atoms with Crippen LogP contribution in [0.1, 0.15) is 15.4 Å². The van der Waals surface area contributed by atoms with Gasteiger partial charge < -0.3 is 10.2 Å². The van der Waals surface area contributed by atoms with Crippen LogP contribution in [-0.4, -0.2) is 22.4 Å². The first-order chi connectivity index (χ1) is 8.97. The van der Waals surface area contributed by atoms with Crippen LogP contribution in [0.15, 0.2) is 12.1 Å². The molecule has 0 saturated carbocycles. The number of nitrogens with one attached hydrogen (secondary N) is 1. The molecule has 0 radical (unpaired) electrons. The van der Waals surface area contributed by atoms with Gasteiger partial charge in [-0.15, -0.1) is 11.3 Å². The maximum Gasteiger partial charge on any atom is 0.321 e. The Bertz CT molecular complexity index is 574. The number of rotatable bonds is 3. The van der Waals surface area contributed by atoms with Gasteiger partial charge in [0.2, 0.25) is 0 Å². The molecular formula is C12H14ClN3OS2. The molecule has 2 rings (SSSR count). The summed E-state index contributed by atoms with van der Waals surface area (Å²) in [6.45, 7) is 4.37. The number of urea groups is 1. The summed E-state index contributed by atoms with van der Waals surface area (Å²) in [5.41, 5.74) is 1.66. The summed E-state index contributed by atoms with van der Waals surface area (Å²) < 4.78 is 4.94. The van der Waals surface area contributed by atoms with Crippen LogP contribution in [0.4, 0.5) is 10.5 Å². The zero-order chi connectivity index (χ0) is 14.0. The molecule has 2 amide bonds. The van der Waals surface area contributed by atoms with E-state index in [1.807, 2.05) is 26.0 Å². The van der Waals surface area contributed by atoms with Crippen LogP contribution < -0.4 is 5.32 Å². The van der Waals surface area contributed by atoms with Gasteiger partial charge in [-0.2, -0.15) is 4.37 Å². The second kappa shape index (κ2) is 5.90. The Morgan fingerprint density at radius 3 is 2.74 bits per heavy atom. The molecule has 0 aliphatic rings. The Morgan fingerprint density at radius 2 is 2.21 bits per heavy atom. The highest BCUT2D eigenvalue weighted by molar-refractivity contribution is 7.16. The molecule has 1 N–H and O–H groups in total. The van der Waals surface area contributed by atoms with Crippen LogP contribution in [0.2, 0.25) is 4.34 Å². The third-order valence-corrected chi connectivity index (χ3v) is 4.69. The molecule has 0 atom stereocenters. The fraction of sp³-hybridized carbons (Fsp3) is 0.333. The van der Waals surface area contributed by atoms with Crippen molar-refractivity contribution in [2.24, 2.45) is 0 Å². The van der Waals surface area contributed by atoms with E-state index in [0.29, 0.717) is 6.54 Å². The summed E-state index contributed by atoms with van der Waals surface area (Å²) in [5.74, 6) is 0. The number of hydrogen-bond acceptors (Lipinski definition) is 4. The van der Waals surface area contributed by atoms with Crippen molar-refractivity contribution in [2.75, 3.05) is 12.4 Å². The molecule has 4 nitrogen and oxygen atoms in total. The number of halogens is 1. The first-order valence-corrected chi connectivity index (χ1v) is 7.63. The predicted octanol–water partition coefficient (Wildman–Crippen LogP) is 4.14. The standard InChI is InChI=1S/C12H14ClN3OS2/c1-7-11(8(2)19-15-7)14-12(17)16(3)6-9-4-5-10(13)18-9/h4-5H,6H2,1-3H3,(H,14,17). The van der Waals surface area contributed by atoms with E-state index in [1.165, 1.54) is 22.9 Å². The maximum atomic E-state index is 12.1. The van der Waals surface area contributed by atoms with E-state index in [2.05, 4.69) is 9.69 Å². The van der Waals surface area contributed by atoms with Gasteiger partial charge in [0.1, 0.15) is 0 Å². The minimum atomic E-state index is -0.143. The van der Waals surface area contributed by atoms with Gasteiger partial charge in [-0.05, 0) is 37.5 Å². The number of amides is 2. The number of nitrogens with zero attached hydrogens (tertiary/aromatic N) is 2. The van der Waals surface area contributed by atoms with Crippen LogP contribution in [0.3, 0.4) is 0 Å². The quantitative estimate of drug-likeness (QED) is 0.925. The third kappa shape index (κ3) is 3.46. The first kappa shape index (κ1) is 14.3. The van der Waals surface area contributed by atoms with E-state index < -0.39 is 0 Å². The van der Waals surface area contributed by atoms with Crippen molar-refractivity contribution < 1.29 is 4.79 Å². The average Bonchev–Trinajstić information content (AvgIpc) is 2.89. The van der Waals surface area contributed by atoms with Crippen LogP contribution in [-0.2, 0) is 6.54 Å². The van der Waals surface area contributed by atoms with Crippen molar-refractivity contribution in [3.63, 3.8) is 0 Å². The van der Waals surface area contributed by atoms with Crippen molar-refractivity contribution in [3.05, 3.63) is 31.9 Å². The zero-order valence-corrected chi connectivity index (χ0v) is 13.2. The second-order valence-electron chi connectivity index (χ2n) is 4.19. The van der Waals surface area contributed by atoms with Crippen LogP contribution >= 0.6 is 34.5 Å². The molecule has 0 aromatic carbocycles. The largest absolute Gasteiger partial charge is 0.322 e. The molecule has 0 saturated heterocycles. The minimum Gasteiger partial charge on any atom is -0.322 e. The average molecular weight is 316 g/mol. The van der Waals surface area contributed by atoms with Gasteiger partial charge in [0.15, 0.2) is 0 Å². The van der Waals surface area contributed by atoms with Gasteiger partial charge in [-0.25, -0.2) is 4.79 Å². The molecule has 2 aromatic heterocycles. The molecule has 0 aliphatic heterocycles. The number of carbonyl (C=O) groups excluding carboxylic acids is 1. The van der Waals surface area contributed by atoms with E-state index in [4.69, 9.17) is 11.6 Å². The Kier molecular flexibility index (Phi) is 4.44. The van der Waals surface area contributed by atoms with Gasteiger partial charge in [0.25, 0.3) is 0 Å². The highest BCUT2D eigenvalue weighted by Gasteiger charge is 2.14. The normalized spacial score (nSPS) is 10.5. The van der Waals surface area contributed by atoms with Crippen molar-refractivity contribution in [3.8, 4) is 0 Å². The van der Waals surface area contributed by atoms with Gasteiger partial charge in [0, 0.05) is 16.8 Å². The SMILES string of the molecule is Cc1nsc(C)c1NC(=O)N(C)Cc1ccc(Cl)s1. The van der Waals surface area contributed by atoms with Crippen molar-refractivity contribution >= 4 is 46.2 Å². The smallest absolute Gasteiger partial charge is 0.321 e. The Hall–Kier alpha value is -1.11. The fourth-order valence-corrected chi connectivity index (χ4v) is 3.40. The topological polar surface area (TPSA) is 45.2 Å². The van der Waals surface area contributed by atoms with Gasteiger partial charge in [-0.1, -0.05) is 11.6 Å². The summed E-state index contributed by atoms with van der Waals surface area (Å²) in [7, 11) is 1.76. The van der Waals surface area contributed by atoms with E-state index in [-0.39, 0.29) is 6.03 Å². The lowest BCUT2D eigenvalue weighted by atomic mass is 10.3. The first-order valence-electron chi connectivity index (χ1n) is 5.66. The van der Waals surface area contributed by atoms with Crippen molar-refractivity contribution in [2.45, 2.75) is 20.4 Å². The lowest BCUT2D eigenvalue weighted by Gasteiger charge is -2.17. The van der Waals surface area contributed by atoms with E-state index in [0.717, 1.165) is 25.5 Å². The summed E-state index contributed by atoms with van der Waals surface area (Å²) in [5, 5.41) is 2.89. The fourth-order valence-electron chi connectivity index (χ4n) is 1.61. The highest BCUT2D eigenvalue weighted by atomic mass is 35.5. The zero-order valence-electron chi connectivity index (χ0n) is 10.9. The molecule has 19 heavy (non-hydrogen) atoms. The third-order valence-electron chi connectivity index (χ3n) is 2.63. The molecule has 2 heterocycles. The molecule has 0 fully saturated rings. The van der Waals surface area contributed by atoms with Crippen LogP contribution in [0.25, 0.3) is 0 Å². The van der Waals surface area contributed by atoms with E-state index in [9.17, 15) is 4.79 Å². The number of aromatic nitrogens is 1. The monoisotopic (exact) mass is 315 g/mol. The molecule has 0 unspecified atom stereocenters. The summed E-state index contributed by atoms with van der Waals surface area (Å²) in [4.78, 5) is 15.8. The molecule has 102 valence electrons. The van der Waals surface area contributed by atoms with Crippen molar-refractivity contribution in [1.29, 1.82) is 0 Å². The minimum absolute atomic E-state index is 0.143.